The van der Waals surface area contributed by atoms with E-state index in [4.69, 9.17) is 8.83 Å². The molecule has 0 amide bonds. The van der Waals surface area contributed by atoms with Gasteiger partial charge in [0.25, 0.3) is 0 Å². The van der Waals surface area contributed by atoms with Gasteiger partial charge in [-0.25, -0.2) is 0 Å². The van der Waals surface area contributed by atoms with Crippen molar-refractivity contribution in [1.82, 2.24) is 0 Å². The molecule has 8 bridgehead atoms. The summed E-state index contributed by atoms with van der Waals surface area (Å²) >= 11 is 3.78. The lowest BCUT2D eigenvalue weighted by atomic mass is 9.40. The SMILES string of the molecule is c1ccc2c(c1)-c1cc(N(c3ccc4oc5ccccc5c4c3)c3ccc4oc5cc(C6C7CC8CC6CC(C7)C86c7ccccc7-c7cc(N(c8ccc9sc%10ccccc%10c9c8)c8ccc9sc%10ccccc%10c9c8)ccc76)ccc5c4c3)ccc1C21C2CC3CC(C2)CC1C3. The molecule has 0 saturated heterocycles. The quantitative estimate of drug-likeness (QED) is 0.159. The number of benzene rings is 12. The van der Waals surface area contributed by atoms with Gasteiger partial charge in [0, 0.05) is 107 Å². The number of hydrogen-bond donors (Lipinski definition) is 0. The molecule has 8 fully saturated rings. The van der Waals surface area contributed by atoms with Crippen LogP contribution in [0, 0.1) is 47.3 Å². The molecule has 26 rings (SSSR count). The van der Waals surface area contributed by atoms with E-state index in [1.807, 2.05) is 22.7 Å². The highest BCUT2D eigenvalue weighted by Gasteiger charge is 2.65. The van der Waals surface area contributed by atoms with Crippen molar-refractivity contribution in [3.63, 3.8) is 0 Å². The first-order valence-corrected chi connectivity index (χ1v) is 37.9. The molecule has 470 valence electrons. The maximum Gasteiger partial charge on any atom is 0.135 e. The Bertz CT molecular complexity index is 5980. The molecule has 4 heterocycles. The highest BCUT2D eigenvalue weighted by Crippen LogP contribution is 2.73. The van der Waals surface area contributed by atoms with Gasteiger partial charge in [-0.05, 0) is 282 Å². The predicted octanol–water partition coefficient (Wildman–Crippen LogP) is 26.0. The molecule has 2 spiro atoms. The summed E-state index contributed by atoms with van der Waals surface area (Å²) in [6, 6.07) is 96.2. The van der Waals surface area contributed by atoms with Gasteiger partial charge in [-0.2, -0.15) is 0 Å². The molecular formula is C92H68N2O2S2. The molecule has 8 saturated carbocycles. The lowest BCUT2D eigenvalue weighted by Crippen LogP contribution is -2.57. The molecule has 0 aliphatic heterocycles. The van der Waals surface area contributed by atoms with Crippen LogP contribution in [0.5, 0.6) is 0 Å². The van der Waals surface area contributed by atoms with E-state index in [2.05, 4.69) is 259 Å². The van der Waals surface area contributed by atoms with Gasteiger partial charge in [0.2, 0.25) is 0 Å². The number of para-hydroxylation sites is 1. The Kier molecular flexibility index (Phi) is 10.8. The molecule has 0 unspecified atom stereocenters. The Balaban J connectivity index is 0.582. The van der Waals surface area contributed by atoms with E-state index >= 15 is 0 Å². The number of fused-ring (bicyclic) bond motifs is 18. The van der Waals surface area contributed by atoms with E-state index in [1.54, 1.807) is 22.3 Å². The van der Waals surface area contributed by atoms with Crippen LogP contribution >= 0.6 is 22.7 Å². The Morgan fingerprint density at radius 3 is 1.20 bits per heavy atom. The summed E-state index contributed by atoms with van der Waals surface area (Å²) < 4.78 is 18.8. The van der Waals surface area contributed by atoms with Crippen LogP contribution in [0.1, 0.15) is 91.5 Å². The standard InChI is InChI=1S/C92H68N2O2S2/c1-6-16-78-66(11-1)72-45-60(22-29-80(72)91(78)56-36-51-35-52(38-56)39-57(91)37-51)93(62-24-31-83-74(47-62)68-13-3-8-18-82(68)95-83)63-25-32-84-75(48-63)69-28-21-53(44-85(69)96-84)90-54-40-58-42-55(90)43-59(41-54)92(58)79-17-7-2-12-67(79)73-46-61(23-30-81(73)92)94(64-26-33-88-76(49-64)70-14-4-9-19-86(70)97-88)65-27-34-89-77(50-65)71-15-5-10-20-87(71)98-89/h1-34,44-52,54-59,90H,35-43H2. The second-order valence-corrected chi connectivity index (χ2v) is 33.2. The molecule has 0 N–H and O–H groups in total. The second-order valence-electron chi connectivity index (χ2n) is 31.0. The van der Waals surface area contributed by atoms with Crippen LogP contribution in [0.2, 0.25) is 0 Å². The minimum absolute atomic E-state index is 0.00375. The molecule has 98 heavy (non-hydrogen) atoms. The van der Waals surface area contributed by atoms with Gasteiger partial charge in [-0.15, -0.1) is 22.7 Å². The zero-order valence-electron chi connectivity index (χ0n) is 54.3. The molecule has 0 atom stereocenters. The van der Waals surface area contributed by atoms with Crippen LogP contribution in [0.3, 0.4) is 0 Å². The van der Waals surface area contributed by atoms with Crippen LogP contribution in [0.25, 0.3) is 106 Å². The van der Waals surface area contributed by atoms with E-state index in [1.165, 1.54) is 154 Å². The molecule has 4 nitrogen and oxygen atoms in total. The van der Waals surface area contributed by atoms with Crippen molar-refractivity contribution in [1.29, 1.82) is 0 Å². The number of nitrogens with zero attached hydrogens (tertiary/aromatic N) is 2. The summed E-state index contributed by atoms with van der Waals surface area (Å²) in [5, 5.41) is 9.91. The van der Waals surface area contributed by atoms with Gasteiger partial charge in [0.1, 0.15) is 22.3 Å². The third-order valence-electron chi connectivity index (χ3n) is 26.8. The minimum atomic E-state index is 0.00375. The van der Waals surface area contributed by atoms with Crippen molar-refractivity contribution in [3.05, 3.63) is 277 Å². The maximum atomic E-state index is 7.06. The first-order valence-electron chi connectivity index (χ1n) is 36.2. The number of furan rings is 2. The van der Waals surface area contributed by atoms with Gasteiger partial charge < -0.3 is 18.6 Å². The van der Waals surface area contributed by atoms with Crippen LogP contribution in [0.4, 0.5) is 34.1 Å². The first kappa shape index (κ1) is 54.3. The fraction of sp³-hybridized carbons (Fsp3) is 0.217. The monoisotopic (exact) mass is 1300 g/mol. The van der Waals surface area contributed by atoms with E-state index in [-0.39, 0.29) is 10.8 Å². The molecule has 6 heteroatoms. The fourth-order valence-corrected chi connectivity index (χ4v) is 25.8. The highest BCUT2D eigenvalue weighted by atomic mass is 32.1. The van der Waals surface area contributed by atoms with Gasteiger partial charge in [0.15, 0.2) is 0 Å². The maximum absolute atomic E-state index is 7.06. The number of anilines is 6. The molecule has 10 aliphatic carbocycles. The second kappa shape index (κ2) is 19.6. The largest absolute Gasteiger partial charge is 0.456 e. The average Bonchev–Trinajstić information content (AvgIpc) is 1.47. The third-order valence-corrected chi connectivity index (χ3v) is 29.1. The number of hydrogen-bond acceptors (Lipinski definition) is 6. The van der Waals surface area contributed by atoms with Gasteiger partial charge in [0.05, 0.1) is 0 Å². The summed E-state index contributed by atoms with van der Waals surface area (Å²) in [7, 11) is 0. The third kappa shape index (κ3) is 7.15. The normalized spacial score (nSPS) is 25.8. The van der Waals surface area contributed by atoms with Crippen LogP contribution in [0.15, 0.2) is 258 Å². The Morgan fingerprint density at radius 1 is 0.276 bits per heavy atom. The minimum Gasteiger partial charge on any atom is -0.456 e. The van der Waals surface area contributed by atoms with Gasteiger partial charge >= 0.3 is 0 Å². The van der Waals surface area contributed by atoms with Crippen molar-refractivity contribution in [2.45, 2.75) is 74.5 Å². The predicted molar refractivity (Wildman–Crippen MR) is 407 cm³/mol. The number of rotatable bonds is 7. The van der Waals surface area contributed by atoms with E-state index in [0.717, 1.165) is 73.5 Å². The van der Waals surface area contributed by atoms with Crippen molar-refractivity contribution in [2.24, 2.45) is 47.3 Å². The lowest BCUT2D eigenvalue weighted by Gasteiger charge is -2.63. The zero-order chi connectivity index (χ0) is 63.4. The van der Waals surface area contributed by atoms with Gasteiger partial charge in [-0.3, -0.25) is 0 Å². The molecule has 4 aromatic heterocycles. The Hall–Kier alpha value is -9.72. The van der Waals surface area contributed by atoms with Crippen LogP contribution in [-0.4, -0.2) is 0 Å². The average molecular weight is 1300 g/mol. The van der Waals surface area contributed by atoms with Crippen molar-refractivity contribution in [2.75, 3.05) is 9.80 Å². The van der Waals surface area contributed by atoms with Crippen molar-refractivity contribution < 1.29 is 8.83 Å². The van der Waals surface area contributed by atoms with Gasteiger partial charge in [-0.1, -0.05) is 127 Å². The van der Waals surface area contributed by atoms with E-state index in [9.17, 15) is 0 Å². The van der Waals surface area contributed by atoms with Crippen molar-refractivity contribution in [3.8, 4) is 22.3 Å². The summed E-state index contributed by atoms with van der Waals surface area (Å²) in [4.78, 5) is 5.06. The zero-order valence-corrected chi connectivity index (χ0v) is 55.9. The molecule has 0 radical (unpaired) electrons. The molecule has 16 aromatic rings. The molecule has 12 aromatic carbocycles. The molecule has 10 aliphatic rings. The van der Waals surface area contributed by atoms with E-state index in [0.29, 0.717) is 29.6 Å². The topological polar surface area (TPSA) is 32.8 Å². The summed E-state index contributed by atoms with van der Waals surface area (Å²) in [6.45, 7) is 0. The smallest absolute Gasteiger partial charge is 0.135 e. The van der Waals surface area contributed by atoms with Crippen LogP contribution in [-0.2, 0) is 10.8 Å². The van der Waals surface area contributed by atoms with E-state index < -0.39 is 0 Å². The van der Waals surface area contributed by atoms with Crippen LogP contribution < -0.4 is 9.80 Å². The highest BCUT2D eigenvalue weighted by molar-refractivity contribution is 7.26. The number of thiophene rings is 2. The summed E-state index contributed by atoms with van der Waals surface area (Å²) in [5.41, 5.74) is 24.4. The summed E-state index contributed by atoms with van der Waals surface area (Å²) in [5.74, 6) is 6.18. The Labute approximate surface area is 576 Å². The fourth-order valence-electron chi connectivity index (χ4n) is 23.7. The Morgan fingerprint density at radius 2 is 0.663 bits per heavy atom. The molecular weight excluding hydrogens is 1230 g/mol. The first-order chi connectivity index (χ1) is 48.4. The lowest BCUT2D eigenvalue weighted by molar-refractivity contribution is -0.0570. The van der Waals surface area contributed by atoms with Crippen molar-refractivity contribution >= 4 is 141 Å². The summed E-state index contributed by atoms with van der Waals surface area (Å²) in [6.07, 6.45) is 12.0.